The third-order valence-corrected chi connectivity index (χ3v) is 6.71. The molecule has 4 rings (SSSR count). The van der Waals surface area contributed by atoms with Gasteiger partial charge in [-0.15, -0.1) is 0 Å². The number of nitrogens with zero attached hydrogens (tertiary/aromatic N) is 2. The molecule has 6 heteroatoms. The number of amides is 3. The van der Waals surface area contributed by atoms with Gasteiger partial charge in [-0.25, -0.2) is 0 Å². The van der Waals surface area contributed by atoms with Gasteiger partial charge in [-0.3, -0.25) is 14.4 Å². The predicted molar refractivity (Wildman–Crippen MR) is 123 cm³/mol. The molecule has 2 unspecified atom stereocenters. The summed E-state index contributed by atoms with van der Waals surface area (Å²) in [5, 5.41) is 3.09. The minimum absolute atomic E-state index is 0.0378. The first kappa shape index (κ1) is 22.1. The summed E-state index contributed by atoms with van der Waals surface area (Å²) >= 11 is 0. The summed E-state index contributed by atoms with van der Waals surface area (Å²) in [4.78, 5) is 41.9. The molecule has 0 saturated carbocycles. The number of nitrogens with one attached hydrogen (secondary N) is 1. The zero-order chi connectivity index (χ0) is 22.7. The fourth-order valence-electron chi connectivity index (χ4n) is 4.66. The smallest absolute Gasteiger partial charge is 0.251 e. The molecule has 0 aromatic heterocycles. The van der Waals surface area contributed by atoms with E-state index in [1.807, 2.05) is 78.2 Å². The second-order valence-corrected chi connectivity index (χ2v) is 8.97. The molecule has 6 nitrogen and oxygen atoms in total. The van der Waals surface area contributed by atoms with Crippen molar-refractivity contribution < 1.29 is 14.4 Å². The normalized spacial score (nSPS) is 20.3. The quantitative estimate of drug-likeness (QED) is 0.786. The van der Waals surface area contributed by atoms with Gasteiger partial charge in [0.15, 0.2) is 0 Å². The van der Waals surface area contributed by atoms with Crippen molar-refractivity contribution in [2.45, 2.75) is 45.2 Å². The van der Waals surface area contributed by atoms with Crippen LogP contribution in [-0.2, 0) is 9.59 Å². The molecule has 0 radical (unpaired) electrons. The Hall–Kier alpha value is -3.15. The van der Waals surface area contributed by atoms with Crippen LogP contribution in [0.5, 0.6) is 0 Å². The predicted octanol–water partition coefficient (Wildman–Crippen LogP) is 3.33. The molecular formula is C26H31N3O3. The molecule has 2 aliphatic rings. The molecule has 0 bridgehead atoms. The first-order chi connectivity index (χ1) is 15.4. The summed E-state index contributed by atoms with van der Waals surface area (Å²) in [7, 11) is 0. The lowest BCUT2D eigenvalue weighted by atomic mass is 10.0. The van der Waals surface area contributed by atoms with Crippen LogP contribution in [0.1, 0.15) is 53.7 Å². The highest BCUT2D eigenvalue weighted by atomic mass is 16.2. The lowest BCUT2D eigenvalue weighted by Gasteiger charge is -2.34. The van der Waals surface area contributed by atoms with Crippen LogP contribution >= 0.6 is 0 Å². The van der Waals surface area contributed by atoms with Crippen LogP contribution in [0.3, 0.4) is 0 Å². The van der Waals surface area contributed by atoms with Crippen molar-refractivity contribution in [3.8, 4) is 0 Å². The second-order valence-electron chi connectivity index (χ2n) is 8.97. The van der Waals surface area contributed by atoms with E-state index in [0.717, 1.165) is 24.0 Å². The average Bonchev–Trinajstić information content (AvgIpc) is 3.21. The summed E-state index contributed by atoms with van der Waals surface area (Å²) in [6, 6.07) is 17.5. The van der Waals surface area contributed by atoms with Crippen LogP contribution in [0, 0.1) is 12.8 Å². The fraction of sp³-hybridized carbons (Fsp3) is 0.423. The van der Waals surface area contributed by atoms with E-state index >= 15 is 0 Å². The van der Waals surface area contributed by atoms with Gasteiger partial charge >= 0.3 is 0 Å². The minimum Gasteiger partial charge on any atom is -0.349 e. The summed E-state index contributed by atoms with van der Waals surface area (Å²) < 4.78 is 0. The Balaban J connectivity index is 1.28. The van der Waals surface area contributed by atoms with Crippen LogP contribution in [-0.4, -0.2) is 53.2 Å². The van der Waals surface area contributed by atoms with E-state index in [2.05, 4.69) is 5.32 Å². The van der Waals surface area contributed by atoms with Crippen LogP contribution < -0.4 is 5.32 Å². The van der Waals surface area contributed by atoms with Gasteiger partial charge in [-0.05, 0) is 44.4 Å². The standard InChI is InChI=1S/C26H31N3O3/c1-18-8-10-21(11-9-18)25(31)27-23-12-14-28(15-13-23)26(32)22-16-24(30)29(17-22)19(2)20-6-4-3-5-7-20/h3-11,19,22-23H,12-17H2,1-2H3,(H,27,31). The number of aryl methyl sites for hydroxylation is 1. The van der Waals surface area contributed by atoms with Crippen molar-refractivity contribution in [1.29, 1.82) is 0 Å². The van der Waals surface area contributed by atoms with Gasteiger partial charge < -0.3 is 15.1 Å². The number of carbonyl (C=O) groups excluding carboxylic acids is 3. The van der Waals surface area contributed by atoms with Crippen molar-refractivity contribution in [3.63, 3.8) is 0 Å². The maximum absolute atomic E-state index is 13.1. The van der Waals surface area contributed by atoms with Crippen molar-refractivity contribution in [3.05, 3.63) is 71.3 Å². The molecule has 32 heavy (non-hydrogen) atoms. The Morgan fingerprint density at radius 2 is 1.66 bits per heavy atom. The van der Waals surface area contributed by atoms with E-state index in [4.69, 9.17) is 0 Å². The van der Waals surface area contributed by atoms with Gasteiger partial charge in [0.25, 0.3) is 5.91 Å². The van der Waals surface area contributed by atoms with E-state index in [1.54, 1.807) is 0 Å². The SMILES string of the molecule is Cc1ccc(C(=O)NC2CCN(C(=O)C3CC(=O)N(C(C)c4ccccc4)C3)CC2)cc1. The Morgan fingerprint density at radius 1 is 1.00 bits per heavy atom. The largest absolute Gasteiger partial charge is 0.349 e. The van der Waals surface area contributed by atoms with Gasteiger partial charge in [-0.1, -0.05) is 48.0 Å². The lowest BCUT2D eigenvalue weighted by Crippen LogP contribution is -2.48. The van der Waals surface area contributed by atoms with Gasteiger partial charge in [0, 0.05) is 37.7 Å². The molecule has 2 aromatic rings. The Kier molecular flexibility index (Phi) is 6.58. The van der Waals surface area contributed by atoms with E-state index in [9.17, 15) is 14.4 Å². The van der Waals surface area contributed by atoms with Gasteiger partial charge in [0.1, 0.15) is 0 Å². The monoisotopic (exact) mass is 433 g/mol. The zero-order valence-corrected chi connectivity index (χ0v) is 18.8. The summed E-state index contributed by atoms with van der Waals surface area (Å²) in [5.74, 6) is -0.251. The summed E-state index contributed by atoms with van der Waals surface area (Å²) in [6.07, 6.45) is 1.74. The van der Waals surface area contributed by atoms with Crippen LogP contribution in [0.4, 0.5) is 0 Å². The topological polar surface area (TPSA) is 69.7 Å². The summed E-state index contributed by atoms with van der Waals surface area (Å²) in [6.45, 7) is 5.70. The van der Waals surface area contributed by atoms with Gasteiger partial charge in [-0.2, -0.15) is 0 Å². The second kappa shape index (κ2) is 9.55. The van der Waals surface area contributed by atoms with Crippen LogP contribution in [0.15, 0.2) is 54.6 Å². The lowest BCUT2D eigenvalue weighted by molar-refractivity contribution is -0.136. The molecule has 2 saturated heterocycles. The molecule has 2 aliphatic heterocycles. The van der Waals surface area contributed by atoms with Gasteiger partial charge in [0.2, 0.25) is 11.8 Å². The Morgan fingerprint density at radius 3 is 2.31 bits per heavy atom. The van der Waals surface area contributed by atoms with Crippen LogP contribution in [0.25, 0.3) is 0 Å². The first-order valence-corrected chi connectivity index (χ1v) is 11.4. The maximum atomic E-state index is 13.1. The first-order valence-electron chi connectivity index (χ1n) is 11.4. The molecule has 2 fully saturated rings. The number of benzene rings is 2. The van der Waals surface area contributed by atoms with Crippen molar-refractivity contribution in [2.75, 3.05) is 19.6 Å². The molecule has 1 N–H and O–H groups in total. The molecule has 168 valence electrons. The maximum Gasteiger partial charge on any atom is 0.251 e. The number of hydrogen-bond acceptors (Lipinski definition) is 3. The Bertz CT molecular complexity index is 966. The zero-order valence-electron chi connectivity index (χ0n) is 18.8. The van der Waals surface area contributed by atoms with Crippen molar-refractivity contribution in [1.82, 2.24) is 15.1 Å². The highest BCUT2D eigenvalue weighted by molar-refractivity contribution is 5.94. The fourth-order valence-corrected chi connectivity index (χ4v) is 4.66. The third kappa shape index (κ3) is 4.85. The number of carbonyl (C=O) groups is 3. The molecule has 2 heterocycles. The molecule has 0 spiro atoms. The minimum atomic E-state index is -0.285. The molecule has 0 aliphatic carbocycles. The number of piperidine rings is 1. The van der Waals surface area contributed by atoms with Gasteiger partial charge in [0.05, 0.1) is 12.0 Å². The highest BCUT2D eigenvalue weighted by Gasteiger charge is 2.39. The van der Waals surface area contributed by atoms with Crippen molar-refractivity contribution in [2.24, 2.45) is 5.92 Å². The number of likely N-dealkylation sites (tertiary alicyclic amines) is 2. The summed E-state index contributed by atoms with van der Waals surface area (Å²) in [5.41, 5.74) is 2.86. The average molecular weight is 434 g/mol. The van der Waals surface area contributed by atoms with Crippen molar-refractivity contribution >= 4 is 17.7 Å². The molecular weight excluding hydrogens is 402 g/mol. The Labute approximate surface area is 189 Å². The molecule has 3 amide bonds. The van der Waals surface area contributed by atoms with E-state index < -0.39 is 0 Å². The number of rotatable bonds is 5. The molecule has 2 atom stereocenters. The highest BCUT2D eigenvalue weighted by Crippen LogP contribution is 2.30. The van der Waals surface area contributed by atoms with E-state index in [0.29, 0.717) is 25.2 Å². The van der Waals surface area contributed by atoms with Crippen LogP contribution in [0.2, 0.25) is 0 Å². The number of hydrogen-bond donors (Lipinski definition) is 1. The van der Waals surface area contributed by atoms with E-state index in [-0.39, 0.29) is 42.1 Å². The molecule has 2 aromatic carbocycles. The third-order valence-electron chi connectivity index (χ3n) is 6.71. The van der Waals surface area contributed by atoms with E-state index in [1.165, 1.54) is 0 Å².